The Balaban J connectivity index is 1.42. The molecule has 1 aliphatic rings. The van der Waals surface area contributed by atoms with Crippen LogP contribution in [0.2, 0.25) is 0 Å². The number of nitrogens with two attached hydrogens (primary N) is 1. The van der Waals surface area contributed by atoms with Gasteiger partial charge in [0, 0.05) is 25.8 Å². The number of fused-ring (bicyclic) bond motifs is 1. The lowest BCUT2D eigenvalue weighted by Crippen LogP contribution is -2.42. The summed E-state index contributed by atoms with van der Waals surface area (Å²) >= 11 is 0. The number of carbonyl (C=O) groups excluding carboxylic acids is 2. The maximum absolute atomic E-state index is 12.6. The van der Waals surface area contributed by atoms with Crippen molar-refractivity contribution in [1.82, 2.24) is 30.2 Å². The number of phosphoric acid groups is 2. The lowest BCUT2D eigenvalue weighted by Gasteiger charge is -2.21. The van der Waals surface area contributed by atoms with Crippen LogP contribution in [0.25, 0.3) is 11.2 Å². The molecule has 0 radical (unpaired) electrons. The Morgan fingerprint density at radius 1 is 1.12 bits per heavy atom. The van der Waals surface area contributed by atoms with E-state index >= 15 is 0 Å². The second-order valence-corrected chi connectivity index (χ2v) is 11.7. The van der Waals surface area contributed by atoms with Gasteiger partial charge in [0.1, 0.15) is 24.1 Å². The van der Waals surface area contributed by atoms with Gasteiger partial charge in [-0.05, 0) is 12.1 Å². The molecule has 4 rings (SSSR count). The predicted octanol–water partition coefficient (Wildman–Crippen LogP) is -0.540. The fraction of sp³-hybridized carbons (Fsp3) is 0.381. The largest absolute Gasteiger partial charge is 0.481 e. The van der Waals surface area contributed by atoms with Crippen LogP contribution in [0.3, 0.4) is 0 Å². The average molecular weight is 646 g/mol. The van der Waals surface area contributed by atoms with Crippen LogP contribution in [0.1, 0.15) is 16.6 Å². The molecular weight excluding hydrogens is 618 g/mol. The number of phosphoric ester groups is 1. The Labute approximate surface area is 242 Å². The van der Waals surface area contributed by atoms with E-state index in [1.807, 2.05) is 0 Å². The summed E-state index contributed by atoms with van der Waals surface area (Å²) in [5.41, 5.74) is 7.09. The summed E-state index contributed by atoms with van der Waals surface area (Å²) in [6.07, 6.45) is -4.74. The molecule has 1 aliphatic heterocycles. The van der Waals surface area contributed by atoms with E-state index in [-0.39, 0.29) is 30.1 Å². The summed E-state index contributed by atoms with van der Waals surface area (Å²) in [4.78, 5) is 64.3. The van der Waals surface area contributed by atoms with Crippen LogP contribution < -0.4 is 21.7 Å². The monoisotopic (exact) mass is 646 g/mol. The van der Waals surface area contributed by atoms with Crippen LogP contribution in [-0.2, 0) is 27.4 Å². The smallest absolute Gasteiger partial charge is 0.440 e. The number of nitrogens with one attached hydrogen (secondary N) is 3. The molecule has 20 nitrogen and oxygen atoms in total. The van der Waals surface area contributed by atoms with Gasteiger partial charge in [-0.3, -0.25) is 13.9 Å². The summed E-state index contributed by atoms with van der Waals surface area (Å²) in [5, 5.41) is 19.0. The van der Waals surface area contributed by atoms with Crippen LogP contribution in [-0.4, -0.2) is 96.4 Å². The normalized spacial score (nSPS) is 21.7. The molecule has 0 aliphatic carbocycles. The van der Waals surface area contributed by atoms with Crippen molar-refractivity contribution < 1.29 is 56.8 Å². The molecule has 1 fully saturated rings. The van der Waals surface area contributed by atoms with E-state index in [0.717, 1.165) is 6.33 Å². The van der Waals surface area contributed by atoms with E-state index in [1.165, 1.54) is 10.9 Å². The summed E-state index contributed by atoms with van der Waals surface area (Å²) < 4.78 is 43.7. The van der Waals surface area contributed by atoms with Gasteiger partial charge in [0.05, 0.1) is 18.5 Å². The fourth-order valence-corrected chi connectivity index (χ4v) is 5.71. The van der Waals surface area contributed by atoms with Crippen molar-refractivity contribution in [2.24, 2.45) is 0 Å². The minimum atomic E-state index is -5.43. The quantitative estimate of drug-likeness (QED) is 0.0905. The van der Waals surface area contributed by atoms with Crippen molar-refractivity contribution in [3.8, 4) is 0 Å². The van der Waals surface area contributed by atoms with Gasteiger partial charge in [-0.15, -0.1) is 0 Å². The number of nitrogens with zero attached hydrogens (tertiary/aromatic N) is 4. The summed E-state index contributed by atoms with van der Waals surface area (Å²) in [7, 11) is -9.08. The first kappa shape index (κ1) is 32.2. The number of aromatic nitrogens is 4. The van der Waals surface area contributed by atoms with Crippen LogP contribution in [0.4, 0.5) is 16.3 Å². The average Bonchev–Trinajstić information content (AvgIpc) is 3.50. The standard InChI is InChI=1S/C21H28N8O12P2/c1-23-12-5-3-2-4-11(12)19(31)24-6-7-25-21(32)40-16-13(8-38-43(36,37)41-42(33,34)35)39-20(15(16)30)29-10-28-14-17(22)26-9-27-18(14)29/h2-5,9-10,13,15-16,20,23,30H,6-8H2,1H3,(H,24,31)(H,25,32)(H,36,37)(H2,22,26,27)(H2,33,34,35)/t13-,15-,16-,20-/m1/s1. The fourth-order valence-electron chi connectivity index (χ4n) is 4.11. The van der Waals surface area contributed by atoms with Crippen LogP contribution in [0, 0.1) is 0 Å². The number of imidazole rings is 1. The summed E-state index contributed by atoms with van der Waals surface area (Å²) in [6, 6.07) is 6.78. The number of ether oxygens (including phenoxy) is 2. The SMILES string of the molecule is CNc1ccccc1C(=O)NCCNC(=O)O[C@H]1[C@@H](O)[C@H](n2cnc3c(N)ncnc32)O[C@@H]1COP(=O)(O)OP(=O)(O)O. The molecule has 22 heteroatoms. The van der Waals surface area contributed by atoms with Gasteiger partial charge in [-0.25, -0.2) is 28.9 Å². The van der Waals surface area contributed by atoms with Crippen LogP contribution in [0.15, 0.2) is 36.9 Å². The van der Waals surface area contributed by atoms with Gasteiger partial charge in [-0.2, -0.15) is 4.31 Å². The topological polar surface area (TPSA) is 292 Å². The highest BCUT2D eigenvalue weighted by molar-refractivity contribution is 7.60. The van der Waals surface area contributed by atoms with Crippen molar-refractivity contribution in [1.29, 1.82) is 0 Å². The molecule has 3 aromatic rings. The van der Waals surface area contributed by atoms with Gasteiger partial charge in [0.25, 0.3) is 5.91 Å². The molecule has 1 saturated heterocycles. The molecule has 43 heavy (non-hydrogen) atoms. The number of benzene rings is 1. The van der Waals surface area contributed by atoms with Gasteiger partial charge in [0.15, 0.2) is 23.8 Å². The second kappa shape index (κ2) is 13.3. The first-order valence-corrected chi connectivity index (χ1v) is 15.3. The number of amides is 2. The predicted molar refractivity (Wildman–Crippen MR) is 145 cm³/mol. The first-order chi connectivity index (χ1) is 20.3. The Morgan fingerprint density at radius 3 is 2.56 bits per heavy atom. The number of hydrogen-bond donors (Lipinski definition) is 8. The van der Waals surface area contributed by atoms with E-state index in [1.54, 1.807) is 31.3 Å². The number of nitrogen functional groups attached to an aromatic ring is 1. The summed E-state index contributed by atoms with van der Waals surface area (Å²) in [5.74, 6) is -0.372. The number of hydrogen-bond acceptors (Lipinski definition) is 14. The third kappa shape index (κ3) is 8.02. The molecule has 1 aromatic carbocycles. The van der Waals surface area contributed by atoms with Crippen molar-refractivity contribution in [3.63, 3.8) is 0 Å². The van der Waals surface area contributed by atoms with E-state index < -0.39 is 58.8 Å². The number of alkyl carbamates (subject to hydrolysis) is 1. The Bertz CT molecular complexity index is 1570. The van der Waals surface area contributed by atoms with E-state index in [0.29, 0.717) is 11.3 Å². The number of anilines is 2. The molecule has 5 atom stereocenters. The highest BCUT2D eigenvalue weighted by atomic mass is 31.3. The van der Waals surface area contributed by atoms with E-state index in [2.05, 4.69) is 39.7 Å². The molecule has 1 unspecified atom stereocenters. The zero-order valence-corrected chi connectivity index (χ0v) is 24.0. The van der Waals surface area contributed by atoms with Crippen molar-refractivity contribution >= 4 is 50.3 Å². The Hall–Kier alpha value is -3.71. The molecule has 0 spiro atoms. The molecule has 0 saturated carbocycles. The van der Waals surface area contributed by atoms with Crippen molar-refractivity contribution in [2.75, 3.05) is 37.8 Å². The third-order valence-electron chi connectivity index (χ3n) is 5.95. The molecule has 3 heterocycles. The number of rotatable bonds is 12. The third-order valence-corrected chi connectivity index (χ3v) is 8.10. The van der Waals surface area contributed by atoms with E-state index in [4.69, 9.17) is 25.0 Å². The van der Waals surface area contributed by atoms with E-state index in [9.17, 15) is 28.7 Å². The number of aliphatic hydroxyl groups is 1. The molecule has 234 valence electrons. The Kier molecular flexibility index (Phi) is 9.96. The second-order valence-electron chi connectivity index (χ2n) is 8.82. The minimum Gasteiger partial charge on any atom is -0.440 e. The molecule has 2 aromatic heterocycles. The van der Waals surface area contributed by atoms with Gasteiger partial charge >= 0.3 is 21.7 Å². The first-order valence-electron chi connectivity index (χ1n) is 12.3. The van der Waals surface area contributed by atoms with Crippen LogP contribution in [0.5, 0.6) is 0 Å². The lowest BCUT2D eigenvalue weighted by molar-refractivity contribution is -0.0508. The molecule has 9 N–H and O–H groups in total. The molecule has 0 bridgehead atoms. The van der Waals surface area contributed by atoms with Crippen LogP contribution >= 0.6 is 15.6 Å². The maximum atomic E-state index is 12.6. The zero-order chi connectivity index (χ0) is 31.4. The molecule has 2 amide bonds. The van der Waals surface area contributed by atoms with Gasteiger partial charge < -0.3 is 50.9 Å². The highest BCUT2D eigenvalue weighted by Crippen LogP contribution is 2.57. The van der Waals surface area contributed by atoms with Crippen molar-refractivity contribution in [2.45, 2.75) is 24.5 Å². The summed E-state index contributed by atoms with van der Waals surface area (Å²) in [6.45, 7) is -1.02. The minimum absolute atomic E-state index is 0.000425. The number of para-hydroxylation sites is 1. The lowest BCUT2D eigenvalue weighted by atomic mass is 10.1. The Morgan fingerprint density at radius 2 is 1.84 bits per heavy atom. The maximum Gasteiger partial charge on any atom is 0.481 e. The number of carbonyl (C=O) groups is 2. The zero-order valence-electron chi connectivity index (χ0n) is 22.2. The van der Waals surface area contributed by atoms with Crippen molar-refractivity contribution in [3.05, 3.63) is 42.5 Å². The van der Waals surface area contributed by atoms with Gasteiger partial charge in [0.2, 0.25) is 0 Å². The number of aliphatic hydroxyl groups excluding tert-OH is 1. The van der Waals surface area contributed by atoms with Gasteiger partial charge in [-0.1, -0.05) is 12.1 Å². The molecular formula is C21H28N8O12P2. The highest BCUT2D eigenvalue weighted by Gasteiger charge is 2.49.